The molecule has 0 saturated heterocycles. The summed E-state index contributed by atoms with van der Waals surface area (Å²) in [5, 5.41) is 9.91. The van der Waals surface area contributed by atoms with Crippen LogP contribution in [0.5, 0.6) is 0 Å². The molecule has 0 unspecified atom stereocenters. The lowest BCUT2D eigenvalue weighted by atomic mass is 9.99. The van der Waals surface area contributed by atoms with Gasteiger partial charge in [-0.1, -0.05) is 28.5 Å². The van der Waals surface area contributed by atoms with Gasteiger partial charge >= 0.3 is 0 Å². The van der Waals surface area contributed by atoms with Crippen molar-refractivity contribution >= 4 is 17.7 Å². The van der Waals surface area contributed by atoms with E-state index in [1.807, 2.05) is 14.1 Å². The lowest BCUT2D eigenvalue weighted by Crippen LogP contribution is -2.14. The van der Waals surface area contributed by atoms with Gasteiger partial charge in [-0.2, -0.15) is 0 Å². The summed E-state index contributed by atoms with van der Waals surface area (Å²) in [5.41, 5.74) is 1.22. The highest BCUT2D eigenvalue weighted by atomic mass is 19.3. The van der Waals surface area contributed by atoms with Crippen LogP contribution in [0.2, 0.25) is 0 Å². The van der Waals surface area contributed by atoms with Gasteiger partial charge in [0, 0.05) is 16.7 Å². The number of halogens is 3. The smallest absolute Gasteiger partial charge is 0.284 e. The maximum atomic E-state index is 13.3. The predicted octanol–water partition coefficient (Wildman–Crippen LogP) is 3.71. The summed E-state index contributed by atoms with van der Waals surface area (Å²) in [7, 11) is 5.05. The summed E-state index contributed by atoms with van der Waals surface area (Å²) in [5.74, 6) is -0.545. The number of nitrogens with zero attached hydrogens (tertiary/aromatic N) is 2. The second-order valence-corrected chi connectivity index (χ2v) is 5.94. The fourth-order valence-electron chi connectivity index (χ4n) is 2.37. The Bertz CT molecular complexity index is 870. The van der Waals surface area contributed by atoms with Crippen LogP contribution in [0, 0.1) is 12.7 Å². The van der Waals surface area contributed by atoms with Crippen molar-refractivity contribution in [3.63, 3.8) is 0 Å². The maximum absolute atomic E-state index is 13.3. The van der Waals surface area contributed by atoms with E-state index in [0.29, 0.717) is 17.4 Å². The molecule has 9 heteroatoms. The summed E-state index contributed by atoms with van der Waals surface area (Å²) in [6, 6.07) is 9.63. The van der Waals surface area contributed by atoms with Crippen molar-refractivity contribution in [2.75, 3.05) is 21.2 Å². The number of nitrogens with one attached hydrogen (secondary N) is 1. The molecule has 0 radical (unpaired) electrons. The van der Waals surface area contributed by atoms with Gasteiger partial charge in [-0.05, 0) is 50.8 Å². The van der Waals surface area contributed by atoms with E-state index in [4.69, 9.17) is 4.84 Å². The molecule has 0 fully saturated rings. The minimum atomic E-state index is -2.91. The molecule has 0 bridgehead atoms. The maximum Gasteiger partial charge on any atom is 0.284 e. The van der Waals surface area contributed by atoms with Gasteiger partial charge in [-0.3, -0.25) is 4.79 Å². The minimum Gasteiger partial charge on any atom is -0.399 e. The highest BCUT2D eigenvalue weighted by Gasteiger charge is 2.18. The summed E-state index contributed by atoms with van der Waals surface area (Å²) in [6.45, 7) is 1.60. The van der Waals surface area contributed by atoms with E-state index in [1.54, 1.807) is 25.1 Å². The molecule has 2 rings (SSSR count). The first kappa shape index (κ1) is 24.8. The van der Waals surface area contributed by atoms with Crippen LogP contribution < -0.4 is 5.32 Å². The molecule has 162 valence electrons. The van der Waals surface area contributed by atoms with Crippen LogP contribution in [0.25, 0.3) is 0 Å². The Hall–Kier alpha value is -3.20. The molecule has 2 aromatic rings. The fourth-order valence-corrected chi connectivity index (χ4v) is 2.37. The second kappa shape index (κ2) is 13.1. The summed E-state index contributed by atoms with van der Waals surface area (Å²) in [4.78, 5) is 21.0. The number of hydrogen-bond donors (Lipinski definition) is 1. The van der Waals surface area contributed by atoms with Gasteiger partial charge < -0.3 is 15.0 Å². The van der Waals surface area contributed by atoms with Crippen molar-refractivity contribution in [2.45, 2.75) is 20.0 Å². The normalized spacial score (nSPS) is 11.6. The fraction of sp³-hybridized carbons (Fsp3) is 0.286. The molecule has 1 N–H and O–H groups in total. The Balaban J connectivity index is 0.00000141. The highest BCUT2D eigenvalue weighted by Crippen LogP contribution is 2.18. The summed E-state index contributed by atoms with van der Waals surface area (Å²) >= 11 is 0. The van der Waals surface area contributed by atoms with Gasteiger partial charge in [-0.15, -0.1) is 0 Å². The molecule has 0 aliphatic rings. The van der Waals surface area contributed by atoms with Crippen LogP contribution in [0.4, 0.5) is 13.2 Å². The molecular weight excluding hydrogens is 399 g/mol. The lowest BCUT2D eigenvalue weighted by Gasteiger charge is -2.11. The zero-order chi connectivity index (χ0) is 22.5. The molecule has 0 aliphatic heterocycles. The molecule has 0 atom stereocenters. The van der Waals surface area contributed by atoms with Crippen LogP contribution >= 0.6 is 0 Å². The molecule has 0 aliphatic carbocycles. The summed E-state index contributed by atoms with van der Waals surface area (Å²) < 4.78 is 39.5. The molecule has 2 aromatic carbocycles. The van der Waals surface area contributed by atoms with Crippen LogP contribution in [-0.4, -0.2) is 45.3 Å². The third kappa shape index (κ3) is 7.32. The Morgan fingerprint density at radius 1 is 1.13 bits per heavy atom. The number of alkyl halides is 2. The highest BCUT2D eigenvalue weighted by molar-refractivity contribution is 6.36. The van der Waals surface area contributed by atoms with E-state index in [-0.39, 0.29) is 17.9 Å². The van der Waals surface area contributed by atoms with E-state index >= 15 is 0 Å². The van der Waals surface area contributed by atoms with Gasteiger partial charge in [0.2, 0.25) is 0 Å². The zero-order valence-electron chi connectivity index (χ0n) is 17.2. The van der Waals surface area contributed by atoms with Gasteiger partial charge in [0.15, 0.2) is 12.0 Å². The van der Waals surface area contributed by atoms with E-state index in [1.165, 1.54) is 19.2 Å². The third-order valence-electron chi connectivity index (χ3n) is 3.71. The van der Waals surface area contributed by atoms with Crippen molar-refractivity contribution in [3.05, 3.63) is 70.5 Å². The van der Waals surface area contributed by atoms with Gasteiger partial charge in [0.25, 0.3) is 6.43 Å². The van der Waals surface area contributed by atoms with Gasteiger partial charge in [0.1, 0.15) is 25.2 Å². The minimum absolute atomic E-state index is 0.0383. The Morgan fingerprint density at radius 2 is 1.77 bits per heavy atom. The number of benzene rings is 2. The van der Waals surface area contributed by atoms with Crippen molar-refractivity contribution < 1.29 is 27.6 Å². The average Bonchev–Trinajstić information content (AvgIpc) is 2.71. The van der Waals surface area contributed by atoms with Crippen molar-refractivity contribution in [1.29, 1.82) is 0 Å². The first-order chi connectivity index (χ1) is 14.4. The van der Waals surface area contributed by atoms with Crippen LogP contribution in [-0.2, 0) is 21.1 Å². The van der Waals surface area contributed by atoms with E-state index in [0.717, 1.165) is 17.7 Å². The third-order valence-corrected chi connectivity index (χ3v) is 3.71. The van der Waals surface area contributed by atoms with Crippen LogP contribution in [0.3, 0.4) is 0 Å². The molecule has 0 heterocycles. The number of oxime groups is 2. The number of carbonyl (C=O) groups excluding carboxylic acids is 1. The van der Waals surface area contributed by atoms with Gasteiger partial charge in [-0.25, -0.2) is 13.2 Å². The monoisotopic (exact) mass is 423 g/mol. The first-order valence-corrected chi connectivity index (χ1v) is 8.87. The number of aryl methyl sites for hydroxylation is 1. The van der Waals surface area contributed by atoms with E-state index < -0.39 is 18.0 Å². The topological polar surface area (TPSA) is 72.3 Å². The molecule has 0 amide bonds. The Morgan fingerprint density at radius 3 is 2.30 bits per heavy atom. The van der Waals surface area contributed by atoms with Crippen molar-refractivity contribution in [1.82, 2.24) is 5.32 Å². The van der Waals surface area contributed by atoms with Crippen LogP contribution in [0.15, 0.2) is 52.8 Å². The number of hydrogen-bond acceptors (Lipinski definition) is 6. The van der Waals surface area contributed by atoms with E-state index in [2.05, 4.69) is 20.5 Å². The molecule has 0 aromatic heterocycles. The van der Waals surface area contributed by atoms with E-state index in [9.17, 15) is 18.0 Å². The number of rotatable bonds is 8. The number of aldehydes is 1. The standard InChI is InChI=1S/C19H17F3N2O3.C2H7N/c1-12-4-3-5-15(17(10-25)23-26-2)16(12)11-27-24-18(19(21)22)13-6-8-14(20)9-7-13;1-3-2/h3-10,19H,11H2,1-2H3;3H,1-2H3/b23-17-,24-18-;. The van der Waals surface area contributed by atoms with Gasteiger partial charge in [0.05, 0.1) is 0 Å². The Kier molecular flexibility index (Phi) is 10.8. The van der Waals surface area contributed by atoms with Crippen molar-refractivity contribution in [3.8, 4) is 0 Å². The average molecular weight is 423 g/mol. The molecular formula is C21H24F3N3O3. The SMILES string of the molecule is CNC.CO/N=C(/C=O)c1cccc(C)c1CO/N=C(/c1ccc(F)cc1)C(F)F. The predicted molar refractivity (Wildman–Crippen MR) is 110 cm³/mol. The molecule has 0 spiro atoms. The first-order valence-electron chi connectivity index (χ1n) is 8.87. The molecule has 0 saturated carbocycles. The molecule has 6 nitrogen and oxygen atoms in total. The van der Waals surface area contributed by atoms with Crippen molar-refractivity contribution in [2.24, 2.45) is 10.3 Å². The lowest BCUT2D eigenvalue weighted by molar-refractivity contribution is -0.102. The quantitative estimate of drug-likeness (QED) is 0.399. The summed E-state index contributed by atoms with van der Waals surface area (Å²) in [6.07, 6.45) is -2.39. The van der Waals surface area contributed by atoms with Crippen LogP contribution in [0.1, 0.15) is 22.3 Å². The molecule has 30 heavy (non-hydrogen) atoms. The second-order valence-electron chi connectivity index (χ2n) is 5.94. The largest absolute Gasteiger partial charge is 0.399 e. The zero-order valence-corrected chi connectivity index (χ0v) is 17.2. The number of carbonyl (C=O) groups is 1. The Labute approximate surface area is 173 Å².